The molecule has 2 rings (SSSR count). The first-order chi connectivity index (χ1) is 7.72. The molecule has 0 fully saturated rings. The van der Waals surface area contributed by atoms with Crippen molar-refractivity contribution in [3.8, 4) is 5.75 Å². The van der Waals surface area contributed by atoms with Gasteiger partial charge in [0.25, 0.3) is 5.91 Å². The first-order valence-corrected chi connectivity index (χ1v) is 4.96. The SMILES string of the molecule is CCOc1cc2ccc[c]c2nc1C(N)=O. The Morgan fingerprint density at radius 3 is 3.12 bits per heavy atom. The van der Waals surface area contributed by atoms with E-state index in [1.807, 2.05) is 19.1 Å². The predicted molar refractivity (Wildman–Crippen MR) is 60.3 cm³/mol. The molecule has 0 aliphatic heterocycles. The number of benzene rings is 1. The zero-order valence-corrected chi connectivity index (χ0v) is 8.86. The van der Waals surface area contributed by atoms with Crippen LogP contribution in [0, 0.1) is 6.07 Å². The van der Waals surface area contributed by atoms with Crippen LogP contribution in [0.25, 0.3) is 10.9 Å². The highest BCUT2D eigenvalue weighted by atomic mass is 16.5. The number of ether oxygens (including phenoxy) is 1. The fourth-order valence-corrected chi connectivity index (χ4v) is 1.47. The second kappa shape index (κ2) is 4.18. The normalized spacial score (nSPS) is 10.3. The zero-order chi connectivity index (χ0) is 11.5. The molecule has 1 radical (unpaired) electrons. The van der Waals surface area contributed by atoms with E-state index in [1.165, 1.54) is 0 Å². The summed E-state index contributed by atoms with van der Waals surface area (Å²) >= 11 is 0. The number of nitrogens with zero attached hydrogens (tertiary/aromatic N) is 1. The first kappa shape index (κ1) is 10.4. The molecule has 0 unspecified atom stereocenters. The lowest BCUT2D eigenvalue weighted by molar-refractivity contribution is 0.0992. The van der Waals surface area contributed by atoms with E-state index >= 15 is 0 Å². The van der Waals surface area contributed by atoms with Crippen molar-refractivity contribution in [3.63, 3.8) is 0 Å². The molecule has 0 saturated carbocycles. The fourth-order valence-electron chi connectivity index (χ4n) is 1.47. The number of nitrogens with two attached hydrogens (primary N) is 1. The lowest BCUT2D eigenvalue weighted by Crippen LogP contribution is -2.15. The van der Waals surface area contributed by atoms with Crippen molar-refractivity contribution in [2.24, 2.45) is 5.73 Å². The molecule has 2 aromatic rings. The predicted octanol–water partition coefficient (Wildman–Crippen LogP) is 1.53. The summed E-state index contributed by atoms with van der Waals surface area (Å²) in [5.41, 5.74) is 6.00. The summed E-state index contributed by atoms with van der Waals surface area (Å²) < 4.78 is 5.33. The van der Waals surface area contributed by atoms with E-state index in [-0.39, 0.29) is 5.69 Å². The molecule has 4 nitrogen and oxygen atoms in total. The van der Waals surface area contributed by atoms with E-state index in [2.05, 4.69) is 11.1 Å². The number of hydrogen-bond acceptors (Lipinski definition) is 3. The number of aromatic nitrogens is 1. The van der Waals surface area contributed by atoms with Gasteiger partial charge in [0.1, 0.15) is 0 Å². The van der Waals surface area contributed by atoms with E-state index < -0.39 is 5.91 Å². The molecule has 0 aliphatic rings. The van der Waals surface area contributed by atoms with Gasteiger partial charge in [-0.3, -0.25) is 4.79 Å². The van der Waals surface area contributed by atoms with Crippen molar-refractivity contribution in [2.45, 2.75) is 6.92 Å². The summed E-state index contributed by atoms with van der Waals surface area (Å²) in [5, 5.41) is 0.871. The monoisotopic (exact) mass is 215 g/mol. The van der Waals surface area contributed by atoms with Crippen LogP contribution in [-0.2, 0) is 0 Å². The minimum Gasteiger partial charge on any atom is -0.491 e. The molecule has 0 spiro atoms. The molecule has 81 valence electrons. The van der Waals surface area contributed by atoms with Gasteiger partial charge in [0, 0.05) is 11.5 Å². The van der Waals surface area contributed by atoms with Crippen LogP contribution < -0.4 is 10.5 Å². The average molecular weight is 215 g/mol. The number of hydrogen-bond donors (Lipinski definition) is 1. The lowest BCUT2D eigenvalue weighted by atomic mass is 10.2. The lowest BCUT2D eigenvalue weighted by Gasteiger charge is -2.08. The van der Waals surface area contributed by atoms with Gasteiger partial charge < -0.3 is 10.5 Å². The maximum Gasteiger partial charge on any atom is 0.271 e. The molecule has 0 bridgehead atoms. The molecule has 0 saturated heterocycles. The van der Waals surface area contributed by atoms with E-state index in [0.29, 0.717) is 17.9 Å². The van der Waals surface area contributed by atoms with Gasteiger partial charge in [-0.1, -0.05) is 18.2 Å². The number of rotatable bonds is 3. The number of amides is 1. The third-order valence-electron chi connectivity index (χ3n) is 2.14. The van der Waals surface area contributed by atoms with Crippen LogP contribution in [0.1, 0.15) is 17.4 Å². The van der Waals surface area contributed by atoms with Crippen LogP contribution in [-0.4, -0.2) is 17.5 Å². The second-order valence-corrected chi connectivity index (χ2v) is 3.24. The van der Waals surface area contributed by atoms with Gasteiger partial charge >= 0.3 is 0 Å². The molecule has 1 aromatic heterocycles. The van der Waals surface area contributed by atoms with Crippen LogP contribution in [0.5, 0.6) is 5.75 Å². The standard InChI is InChI=1S/C12H11N2O2/c1-2-16-10-7-8-5-3-4-6-9(8)14-11(10)12(13)15/h3-5,7H,2H2,1H3,(H2,13,15). The number of carbonyl (C=O) groups is 1. The van der Waals surface area contributed by atoms with Crippen molar-refractivity contribution in [1.29, 1.82) is 0 Å². The van der Waals surface area contributed by atoms with Gasteiger partial charge in [0.15, 0.2) is 11.4 Å². The molecule has 0 atom stereocenters. The Morgan fingerprint density at radius 2 is 2.44 bits per heavy atom. The fraction of sp³-hybridized carbons (Fsp3) is 0.167. The Hall–Kier alpha value is -2.10. The maximum absolute atomic E-state index is 11.2. The smallest absolute Gasteiger partial charge is 0.271 e. The van der Waals surface area contributed by atoms with Crippen molar-refractivity contribution < 1.29 is 9.53 Å². The van der Waals surface area contributed by atoms with Crippen molar-refractivity contribution in [3.05, 3.63) is 36.0 Å². The minimum atomic E-state index is -0.595. The Bertz CT molecular complexity index is 538. The number of para-hydroxylation sites is 1. The van der Waals surface area contributed by atoms with Crippen molar-refractivity contribution in [2.75, 3.05) is 6.61 Å². The van der Waals surface area contributed by atoms with Crippen LogP contribution in [0.4, 0.5) is 0 Å². The Kier molecular flexibility index (Phi) is 2.72. The van der Waals surface area contributed by atoms with Crippen LogP contribution in [0.2, 0.25) is 0 Å². The third kappa shape index (κ3) is 1.82. The average Bonchev–Trinajstić information content (AvgIpc) is 2.28. The highest BCUT2D eigenvalue weighted by Crippen LogP contribution is 2.22. The minimum absolute atomic E-state index is 0.150. The van der Waals surface area contributed by atoms with E-state index in [0.717, 1.165) is 5.39 Å². The molecule has 0 aliphatic carbocycles. The van der Waals surface area contributed by atoms with Crippen LogP contribution in [0.3, 0.4) is 0 Å². The van der Waals surface area contributed by atoms with Gasteiger partial charge in [0.05, 0.1) is 12.1 Å². The molecule has 1 aromatic carbocycles. The highest BCUT2D eigenvalue weighted by molar-refractivity contribution is 5.96. The highest BCUT2D eigenvalue weighted by Gasteiger charge is 2.12. The van der Waals surface area contributed by atoms with Crippen molar-refractivity contribution in [1.82, 2.24) is 4.98 Å². The topological polar surface area (TPSA) is 65.2 Å². The quantitative estimate of drug-likeness (QED) is 0.844. The summed E-state index contributed by atoms with van der Waals surface area (Å²) in [6.45, 7) is 2.30. The molecule has 2 N–H and O–H groups in total. The second-order valence-electron chi connectivity index (χ2n) is 3.24. The zero-order valence-electron chi connectivity index (χ0n) is 8.86. The molecule has 1 heterocycles. The Balaban J connectivity index is 2.65. The summed E-state index contributed by atoms with van der Waals surface area (Å²) in [5.74, 6) is -0.176. The van der Waals surface area contributed by atoms with Gasteiger partial charge in [-0.05, 0) is 13.0 Å². The molecule has 1 amide bonds. The summed E-state index contributed by atoms with van der Waals surface area (Å²) in [7, 11) is 0. The van der Waals surface area contributed by atoms with Crippen LogP contribution in [0.15, 0.2) is 24.3 Å². The number of pyridine rings is 1. The van der Waals surface area contributed by atoms with Gasteiger partial charge in [-0.15, -0.1) is 0 Å². The van der Waals surface area contributed by atoms with Gasteiger partial charge in [-0.2, -0.15) is 0 Å². The summed E-state index contributed by atoms with van der Waals surface area (Å²) in [6, 6.07) is 10.2. The summed E-state index contributed by atoms with van der Waals surface area (Å²) in [4.78, 5) is 15.3. The number of primary amides is 1. The molecule has 4 heteroatoms. The van der Waals surface area contributed by atoms with E-state index in [9.17, 15) is 4.79 Å². The largest absolute Gasteiger partial charge is 0.491 e. The number of fused-ring (bicyclic) bond motifs is 1. The molecular formula is C12H11N2O2. The van der Waals surface area contributed by atoms with Crippen molar-refractivity contribution >= 4 is 16.8 Å². The maximum atomic E-state index is 11.2. The Labute approximate surface area is 93.0 Å². The third-order valence-corrected chi connectivity index (χ3v) is 2.14. The summed E-state index contributed by atoms with van der Waals surface area (Å²) in [6.07, 6.45) is 0. The molecular weight excluding hydrogens is 204 g/mol. The van der Waals surface area contributed by atoms with Gasteiger partial charge in [0.2, 0.25) is 0 Å². The van der Waals surface area contributed by atoms with E-state index in [4.69, 9.17) is 10.5 Å². The number of carbonyl (C=O) groups excluding carboxylic acids is 1. The van der Waals surface area contributed by atoms with Crippen LogP contribution >= 0.6 is 0 Å². The Morgan fingerprint density at radius 1 is 1.62 bits per heavy atom. The van der Waals surface area contributed by atoms with Gasteiger partial charge in [-0.25, -0.2) is 4.98 Å². The van der Waals surface area contributed by atoms with E-state index in [1.54, 1.807) is 12.1 Å². The molecule has 16 heavy (non-hydrogen) atoms. The first-order valence-electron chi connectivity index (χ1n) is 4.96.